The molecule has 2 rings (SSSR count). The molecule has 2 aromatic rings. The van der Waals surface area contributed by atoms with Gasteiger partial charge in [-0.1, -0.05) is 12.1 Å². The Kier molecular flexibility index (Phi) is 7.14. The first-order valence-corrected chi connectivity index (χ1v) is 8.29. The van der Waals surface area contributed by atoms with E-state index in [0.717, 1.165) is 28.4 Å². The zero-order valence-electron chi connectivity index (χ0n) is 15.0. The van der Waals surface area contributed by atoms with E-state index in [9.17, 15) is 4.79 Å². The van der Waals surface area contributed by atoms with Crippen LogP contribution in [0.3, 0.4) is 0 Å². The van der Waals surface area contributed by atoms with E-state index in [2.05, 4.69) is 11.4 Å². The van der Waals surface area contributed by atoms with Gasteiger partial charge < -0.3 is 19.5 Å². The maximum atomic E-state index is 11.9. The van der Waals surface area contributed by atoms with E-state index >= 15 is 0 Å². The fourth-order valence-electron chi connectivity index (χ4n) is 2.47. The Hall–Kier alpha value is -2.69. The molecule has 0 saturated heterocycles. The second kappa shape index (κ2) is 9.57. The van der Waals surface area contributed by atoms with Crippen LogP contribution in [-0.2, 0) is 11.2 Å². The van der Waals surface area contributed by atoms with E-state index in [1.54, 1.807) is 14.2 Å². The first-order valence-electron chi connectivity index (χ1n) is 8.29. The molecule has 0 aliphatic heterocycles. The van der Waals surface area contributed by atoms with Crippen LogP contribution in [0.25, 0.3) is 0 Å². The number of amides is 1. The van der Waals surface area contributed by atoms with Crippen molar-refractivity contribution >= 4 is 5.91 Å². The topological polar surface area (TPSA) is 56.8 Å². The normalized spacial score (nSPS) is 10.2. The second-order valence-corrected chi connectivity index (χ2v) is 5.68. The molecule has 0 aliphatic carbocycles. The summed E-state index contributed by atoms with van der Waals surface area (Å²) >= 11 is 0. The van der Waals surface area contributed by atoms with Gasteiger partial charge in [0.05, 0.1) is 20.8 Å². The van der Waals surface area contributed by atoms with Gasteiger partial charge in [-0.3, -0.25) is 4.79 Å². The van der Waals surface area contributed by atoms with Crippen molar-refractivity contribution < 1.29 is 19.0 Å². The largest absolute Gasteiger partial charge is 0.497 e. The summed E-state index contributed by atoms with van der Waals surface area (Å²) in [5, 5.41) is 2.87. The molecule has 1 amide bonds. The summed E-state index contributed by atoms with van der Waals surface area (Å²) in [5.74, 6) is 2.42. The third kappa shape index (κ3) is 6.03. The maximum absolute atomic E-state index is 11.9. The quantitative estimate of drug-likeness (QED) is 0.711. The zero-order valence-corrected chi connectivity index (χ0v) is 15.0. The molecule has 2 aromatic carbocycles. The molecule has 0 radical (unpaired) electrons. The summed E-state index contributed by atoms with van der Waals surface area (Å²) in [4.78, 5) is 11.9. The zero-order chi connectivity index (χ0) is 18.1. The van der Waals surface area contributed by atoms with E-state index in [1.165, 1.54) is 0 Å². The van der Waals surface area contributed by atoms with Gasteiger partial charge in [-0.15, -0.1) is 0 Å². The molecule has 0 aliphatic rings. The van der Waals surface area contributed by atoms with E-state index in [0.29, 0.717) is 26.0 Å². The Morgan fingerprint density at radius 2 is 1.72 bits per heavy atom. The van der Waals surface area contributed by atoms with Crippen molar-refractivity contribution in [2.45, 2.75) is 19.8 Å². The molecule has 5 nitrogen and oxygen atoms in total. The summed E-state index contributed by atoms with van der Waals surface area (Å²) in [6, 6.07) is 13.3. The lowest BCUT2D eigenvalue weighted by atomic mass is 10.1. The molecular weight excluding hydrogens is 318 g/mol. The Balaban J connectivity index is 1.66. The minimum atomic E-state index is 0.0202. The van der Waals surface area contributed by atoms with E-state index in [-0.39, 0.29) is 5.91 Å². The van der Waals surface area contributed by atoms with Crippen molar-refractivity contribution in [2.75, 3.05) is 27.4 Å². The number of methoxy groups -OCH3 is 2. The van der Waals surface area contributed by atoms with Crippen LogP contribution in [0, 0.1) is 6.92 Å². The average Bonchev–Trinajstić information content (AvgIpc) is 2.64. The third-order valence-electron chi connectivity index (χ3n) is 3.85. The van der Waals surface area contributed by atoms with Crippen molar-refractivity contribution in [3.8, 4) is 17.2 Å². The molecule has 0 spiro atoms. The number of rotatable bonds is 9. The number of benzene rings is 2. The monoisotopic (exact) mass is 343 g/mol. The van der Waals surface area contributed by atoms with E-state index < -0.39 is 0 Å². The van der Waals surface area contributed by atoms with Crippen molar-refractivity contribution in [3.05, 3.63) is 53.6 Å². The van der Waals surface area contributed by atoms with E-state index in [1.807, 2.05) is 43.3 Å². The highest BCUT2D eigenvalue weighted by molar-refractivity contribution is 5.76. The summed E-state index contributed by atoms with van der Waals surface area (Å²) in [6.07, 6.45) is 1.16. The van der Waals surface area contributed by atoms with Gasteiger partial charge in [0.1, 0.15) is 23.9 Å². The summed E-state index contributed by atoms with van der Waals surface area (Å²) in [6.45, 7) is 2.91. The van der Waals surface area contributed by atoms with E-state index in [4.69, 9.17) is 14.2 Å². The minimum absolute atomic E-state index is 0.0202. The molecule has 0 fully saturated rings. The summed E-state index contributed by atoms with van der Waals surface area (Å²) in [7, 11) is 3.28. The van der Waals surface area contributed by atoms with Gasteiger partial charge in [-0.05, 0) is 54.8 Å². The van der Waals surface area contributed by atoms with Crippen LogP contribution in [-0.4, -0.2) is 33.3 Å². The Morgan fingerprint density at radius 1 is 1.00 bits per heavy atom. The molecule has 0 bridgehead atoms. The van der Waals surface area contributed by atoms with Crippen molar-refractivity contribution in [1.29, 1.82) is 0 Å². The summed E-state index contributed by atoms with van der Waals surface area (Å²) < 4.78 is 15.9. The number of nitrogens with one attached hydrogen (secondary N) is 1. The Bertz CT molecular complexity index is 683. The predicted octanol–water partition coefficient (Wildman–Crippen LogP) is 3.14. The highest BCUT2D eigenvalue weighted by Crippen LogP contribution is 2.19. The summed E-state index contributed by atoms with van der Waals surface area (Å²) in [5.41, 5.74) is 2.20. The van der Waals surface area contributed by atoms with Gasteiger partial charge >= 0.3 is 0 Å². The maximum Gasteiger partial charge on any atom is 0.220 e. The first kappa shape index (κ1) is 18.6. The van der Waals surface area contributed by atoms with Gasteiger partial charge in [-0.25, -0.2) is 0 Å². The molecule has 0 aromatic heterocycles. The first-order chi connectivity index (χ1) is 12.1. The van der Waals surface area contributed by atoms with Gasteiger partial charge in [-0.2, -0.15) is 0 Å². The van der Waals surface area contributed by atoms with Crippen molar-refractivity contribution in [1.82, 2.24) is 5.32 Å². The number of hydrogen-bond acceptors (Lipinski definition) is 4. The number of aryl methyl sites for hydroxylation is 2. The molecule has 0 heterocycles. The molecule has 0 atom stereocenters. The fraction of sp³-hybridized carbons (Fsp3) is 0.350. The van der Waals surface area contributed by atoms with Crippen LogP contribution in [0.1, 0.15) is 17.5 Å². The third-order valence-corrected chi connectivity index (χ3v) is 3.85. The predicted molar refractivity (Wildman–Crippen MR) is 97.6 cm³/mol. The van der Waals surface area contributed by atoms with Gasteiger partial charge in [0, 0.05) is 6.42 Å². The number of hydrogen-bond donors (Lipinski definition) is 1. The van der Waals surface area contributed by atoms with Gasteiger partial charge in [0.2, 0.25) is 5.91 Å². The van der Waals surface area contributed by atoms with Gasteiger partial charge in [0.25, 0.3) is 0 Å². The molecule has 1 N–H and O–H groups in total. The standard InChI is InChI=1S/C20H25NO4/c1-15-14-16(4-10-19(15)24-3)5-11-20(22)21-12-13-25-18-8-6-17(23-2)7-9-18/h4,6-10,14H,5,11-13H2,1-3H3,(H,21,22). The molecule has 0 unspecified atom stereocenters. The minimum Gasteiger partial charge on any atom is -0.497 e. The lowest BCUT2D eigenvalue weighted by Gasteiger charge is -2.09. The molecule has 25 heavy (non-hydrogen) atoms. The highest BCUT2D eigenvalue weighted by Gasteiger charge is 2.04. The lowest BCUT2D eigenvalue weighted by Crippen LogP contribution is -2.28. The Morgan fingerprint density at radius 3 is 2.36 bits per heavy atom. The van der Waals surface area contributed by atoms with Crippen LogP contribution in [0.4, 0.5) is 0 Å². The smallest absolute Gasteiger partial charge is 0.220 e. The molecule has 5 heteroatoms. The van der Waals surface area contributed by atoms with Crippen LogP contribution in [0.15, 0.2) is 42.5 Å². The number of carbonyl (C=O) groups is 1. The Labute approximate surface area is 148 Å². The van der Waals surface area contributed by atoms with Crippen molar-refractivity contribution in [3.63, 3.8) is 0 Å². The van der Waals surface area contributed by atoms with Crippen LogP contribution in [0.2, 0.25) is 0 Å². The second-order valence-electron chi connectivity index (χ2n) is 5.68. The number of carbonyl (C=O) groups excluding carboxylic acids is 1. The number of ether oxygens (including phenoxy) is 3. The van der Waals surface area contributed by atoms with Crippen LogP contribution >= 0.6 is 0 Å². The fourth-order valence-corrected chi connectivity index (χ4v) is 2.47. The van der Waals surface area contributed by atoms with Crippen LogP contribution < -0.4 is 19.5 Å². The lowest BCUT2D eigenvalue weighted by molar-refractivity contribution is -0.121. The van der Waals surface area contributed by atoms with Crippen LogP contribution in [0.5, 0.6) is 17.2 Å². The SMILES string of the molecule is COc1ccc(OCCNC(=O)CCc2ccc(OC)c(C)c2)cc1. The molecule has 134 valence electrons. The highest BCUT2D eigenvalue weighted by atomic mass is 16.5. The average molecular weight is 343 g/mol. The van der Waals surface area contributed by atoms with Crippen molar-refractivity contribution in [2.24, 2.45) is 0 Å². The van der Waals surface area contributed by atoms with Gasteiger partial charge in [0.15, 0.2) is 0 Å². The molecule has 0 saturated carbocycles. The molecular formula is C20H25NO4.